The first-order valence-electron chi connectivity index (χ1n) is 7.36. The van der Waals surface area contributed by atoms with Crippen LogP contribution in [-0.2, 0) is 11.0 Å². The van der Waals surface area contributed by atoms with Gasteiger partial charge in [-0.1, -0.05) is 19.4 Å². The molecule has 0 aromatic heterocycles. The molecule has 0 heterocycles. The number of hydrogen-bond donors (Lipinski definition) is 2. The Balaban J connectivity index is 2.34. The lowest BCUT2D eigenvalue weighted by atomic mass is 10.1. The van der Waals surface area contributed by atoms with E-state index in [4.69, 9.17) is 4.74 Å². The van der Waals surface area contributed by atoms with Crippen LogP contribution in [0.4, 0.5) is 4.39 Å². The quantitative estimate of drug-likeness (QED) is 0.809. The summed E-state index contributed by atoms with van der Waals surface area (Å²) in [5, 5.41) is -0.0516. The van der Waals surface area contributed by atoms with Crippen molar-refractivity contribution in [2.45, 2.75) is 33.6 Å². The van der Waals surface area contributed by atoms with E-state index in [1.807, 2.05) is 6.92 Å². The molecule has 0 aliphatic rings. The topological polar surface area (TPSA) is 66.8 Å². The second-order valence-corrected chi connectivity index (χ2v) is 7.16. The molecule has 23 heavy (non-hydrogen) atoms. The van der Waals surface area contributed by atoms with Crippen molar-refractivity contribution in [1.82, 2.24) is 0 Å². The molecule has 0 amide bonds. The van der Waals surface area contributed by atoms with Gasteiger partial charge in [-0.2, -0.15) is 0 Å². The first-order valence-corrected chi connectivity index (χ1v) is 8.97. The highest BCUT2D eigenvalue weighted by Crippen LogP contribution is 2.37. The Morgan fingerprint density at radius 1 is 1.13 bits per heavy atom. The fourth-order valence-electron chi connectivity index (χ4n) is 2.44. The van der Waals surface area contributed by atoms with Crippen molar-refractivity contribution in [3.8, 4) is 11.5 Å². The molecule has 0 aliphatic heterocycles. The van der Waals surface area contributed by atoms with E-state index < -0.39 is 7.60 Å². The Morgan fingerprint density at radius 3 is 2.22 bits per heavy atom. The Morgan fingerprint density at radius 2 is 1.74 bits per heavy atom. The molecule has 4 nitrogen and oxygen atoms in total. The summed E-state index contributed by atoms with van der Waals surface area (Å²) in [5.41, 5.74) is 1.81. The van der Waals surface area contributed by atoms with Crippen LogP contribution in [0.1, 0.15) is 30.0 Å². The van der Waals surface area contributed by atoms with Crippen molar-refractivity contribution in [1.29, 1.82) is 0 Å². The fraction of sp³-hybridized carbons (Fsp3) is 0.294. The van der Waals surface area contributed by atoms with Crippen LogP contribution in [0.15, 0.2) is 30.3 Å². The SMILES string of the molecule is CCCc1ccc(Oc2c(C)cc(P(=O)(O)O)cc2C)cc1F. The lowest BCUT2D eigenvalue weighted by Gasteiger charge is -2.15. The second kappa shape index (κ2) is 6.83. The lowest BCUT2D eigenvalue weighted by Crippen LogP contribution is -2.07. The van der Waals surface area contributed by atoms with Gasteiger partial charge in [-0.25, -0.2) is 4.39 Å². The number of aryl methyl sites for hydroxylation is 3. The molecule has 0 atom stereocenters. The van der Waals surface area contributed by atoms with Gasteiger partial charge in [0.15, 0.2) is 0 Å². The maximum absolute atomic E-state index is 14.0. The van der Waals surface area contributed by atoms with E-state index in [2.05, 4.69) is 0 Å². The van der Waals surface area contributed by atoms with Gasteiger partial charge in [0.2, 0.25) is 0 Å². The monoisotopic (exact) mass is 338 g/mol. The Kier molecular flexibility index (Phi) is 5.25. The van der Waals surface area contributed by atoms with E-state index in [1.54, 1.807) is 26.0 Å². The Labute approximate surface area is 135 Å². The fourth-order valence-corrected chi connectivity index (χ4v) is 3.16. The zero-order valence-electron chi connectivity index (χ0n) is 13.3. The van der Waals surface area contributed by atoms with Crippen LogP contribution in [0.5, 0.6) is 11.5 Å². The number of hydrogen-bond acceptors (Lipinski definition) is 2. The minimum Gasteiger partial charge on any atom is -0.457 e. The zero-order valence-corrected chi connectivity index (χ0v) is 14.2. The summed E-state index contributed by atoms with van der Waals surface area (Å²) in [6.45, 7) is 5.38. The van der Waals surface area contributed by atoms with Gasteiger partial charge in [0.25, 0.3) is 0 Å². The second-order valence-electron chi connectivity index (χ2n) is 5.56. The van der Waals surface area contributed by atoms with Crippen LogP contribution < -0.4 is 10.0 Å². The molecule has 2 N–H and O–H groups in total. The summed E-state index contributed by atoms with van der Waals surface area (Å²) in [6.07, 6.45) is 1.53. The first-order chi connectivity index (χ1) is 10.7. The highest BCUT2D eigenvalue weighted by atomic mass is 31.2. The van der Waals surface area contributed by atoms with Crippen LogP contribution in [-0.4, -0.2) is 9.79 Å². The minimum absolute atomic E-state index is 0.0516. The maximum Gasteiger partial charge on any atom is 0.356 e. The normalized spacial score (nSPS) is 11.6. The Bertz CT molecular complexity index is 744. The van der Waals surface area contributed by atoms with E-state index >= 15 is 0 Å². The largest absolute Gasteiger partial charge is 0.457 e. The molecule has 124 valence electrons. The van der Waals surface area contributed by atoms with Crippen LogP contribution in [0.3, 0.4) is 0 Å². The molecule has 0 saturated carbocycles. The smallest absolute Gasteiger partial charge is 0.356 e. The predicted octanol–water partition coefficient (Wildman–Crippen LogP) is 3.99. The summed E-state index contributed by atoms with van der Waals surface area (Å²) in [4.78, 5) is 18.5. The minimum atomic E-state index is -4.31. The third-order valence-corrected chi connectivity index (χ3v) is 4.48. The van der Waals surface area contributed by atoms with Crippen LogP contribution in [0, 0.1) is 19.7 Å². The first kappa shape index (κ1) is 17.7. The third-order valence-electron chi connectivity index (χ3n) is 3.55. The number of benzene rings is 2. The van der Waals surface area contributed by atoms with Crippen LogP contribution in [0.2, 0.25) is 0 Å². The van der Waals surface area contributed by atoms with E-state index in [-0.39, 0.29) is 11.1 Å². The van der Waals surface area contributed by atoms with Gasteiger partial charge >= 0.3 is 7.60 Å². The highest BCUT2D eigenvalue weighted by Gasteiger charge is 2.20. The molecule has 0 aliphatic carbocycles. The van der Waals surface area contributed by atoms with Gasteiger partial charge < -0.3 is 14.5 Å². The summed E-state index contributed by atoms with van der Waals surface area (Å²) < 4.78 is 31.1. The van der Waals surface area contributed by atoms with Gasteiger partial charge in [-0.3, -0.25) is 4.57 Å². The van der Waals surface area contributed by atoms with Crippen molar-refractivity contribution in [2.75, 3.05) is 0 Å². The molecular weight excluding hydrogens is 318 g/mol. The van der Waals surface area contributed by atoms with Gasteiger partial charge in [-0.15, -0.1) is 0 Å². The summed E-state index contributed by atoms with van der Waals surface area (Å²) in [5.74, 6) is 0.522. The molecule has 0 bridgehead atoms. The summed E-state index contributed by atoms with van der Waals surface area (Å²) in [7, 11) is -4.31. The average molecular weight is 338 g/mol. The molecular formula is C17H20FO4P. The number of halogens is 1. The van der Waals surface area contributed by atoms with Crippen molar-refractivity contribution in [3.63, 3.8) is 0 Å². The van der Waals surface area contributed by atoms with Crippen molar-refractivity contribution >= 4 is 12.9 Å². The summed E-state index contributed by atoms with van der Waals surface area (Å²) in [6, 6.07) is 7.52. The Hall–Kier alpha value is -1.68. The van der Waals surface area contributed by atoms with Gasteiger partial charge in [0.1, 0.15) is 17.3 Å². The average Bonchev–Trinajstić information content (AvgIpc) is 2.44. The van der Waals surface area contributed by atoms with Crippen LogP contribution in [0.25, 0.3) is 0 Å². The molecule has 0 saturated heterocycles. The van der Waals surface area contributed by atoms with Crippen molar-refractivity contribution in [3.05, 3.63) is 52.8 Å². The lowest BCUT2D eigenvalue weighted by molar-refractivity contribution is 0.387. The molecule has 2 aromatic carbocycles. The number of ether oxygens (including phenoxy) is 1. The number of rotatable bonds is 5. The maximum atomic E-state index is 14.0. The van der Waals surface area contributed by atoms with E-state index in [9.17, 15) is 18.7 Å². The van der Waals surface area contributed by atoms with Gasteiger partial charge in [-0.05, 0) is 55.2 Å². The van der Waals surface area contributed by atoms with Crippen molar-refractivity contribution in [2.24, 2.45) is 0 Å². The summed E-state index contributed by atoms with van der Waals surface area (Å²) >= 11 is 0. The van der Waals surface area contributed by atoms with Crippen molar-refractivity contribution < 1.29 is 23.5 Å². The zero-order chi connectivity index (χ0) is 17.2. The van der Waals surface area contributed by atoms with Gasteiger partial charge in [0, 0.05) is 6.07 Å². The van der Waals surface area contributed by atoms with E-state index in [0.29, 0.717) is 34.6 Å². The third kappa shape index (κ3) is 4.20. The molecule has 0 spiro atoms. The highest BCUT2D eigenvalue weighted by molar-refractivity contribution is 7.60. The molecule has 0 radical (unpaired) electrons. The van der Waals surface area contributed by atoms with E-state index in [1.165, 1.54) is 18.2 Å². The molecule has 0 unspecified atom stereocenters. The van der Waals surface area contributed by atoms with Crippen LogP contribution >= 0.6 is 7.60 Å². The molecule has 0 fully saturated rings. The molecule has 2 aromatic rings. The predicted molar refractivity (Wildman–Crippen MR) is 88.1 cm³/mol. The molecule has 6 heteroatoms. The molecule has 2 rings (SSSR count). The standard InChI is InChI=1S/C17H20FO4P/c1-4-5-13-6-7-14(10-16(13)18)22-17-11(2)8-15(9-12(17)3)23(19,20)21/h6-10H,4-5H2,1-3H3,(H2,19,20,21). The van der Waals surface area contributed by atoms with Gasteiger partial charge in [0.05, 0.1) is 5.30 Å². The van der Waals surface area contributed by atoms with E-state index in [0.717, 1.165) is 6.42 Å².